The highest BCUT2D eigenvalue weighted by Gasteiger charge is 2.17. The molecule has 0 aromatic rings. The van der Waals surface area contributed by atoms with Gasteiger partial charge in [0.2, 0.25) is 0 Å². The van der Waals surface area contributed by atoms with Crippen LogP contribution in [0.3, 0.4) is 0 Å². The summed E-state index contributed by atoms with van der Waals surface area (Å²) in [4.78, 5) is 25.2. The van der Waals surface area contributed by atoms with Gasteiger partial charge in [-0.25, -0.2) is 0 Å². The van der Waals surface area contributed by atoms with Gasteiger partial charge in [0.05, 0.1) is 6.61 Å². The fourth-order valence-corrected chi connectivity index (χ4v) is 6.39. The van der Waals surface area contributed by atoms with Crippen LogP contribution in [0, 0.1) is 0 Å². The molecule has 0 aliphatic heterocycles. The minimum absolute atomic E-state index is 0.0788. The summed E-state index contributed by atoms with van der Waals surface area (Å²) >= 11 is 0. The third-order valence-corrected chi connectivity index (χ3v) is 9.85. The van der Waals surface area contributed by atoms with Crippen LogP contribution in [-0.4, -0.2) is 37.9 Å². The van der Waals surface area contributed by atoms with E-state index in [1.807, 2.05) is 0 Å². The predicted octanol–water partition coefficient (Wildman–Crippen LogP) is 15.2. The standard InChI is InChI=1S/C49H88O5/c1-4-7-10-13-16-19-22-23-24-25-26-27-29-30-33-36-39-42-48(50)53-46-47(45-52-44-41-38-35-32-21-18-15-12-9-6-3)54-49(51)43-40-37-34-31-28-20-17-14-11-8-5-2/h7,10,14,16-17,19,23-24,47H,4-6,8-9,11-13,15,18,20-22,25-46H2,1-3H3/b10-7-,17-14-,19-16-,24-23-. The first kappa shape index (κ1) is 51.9. The first-order chi connectivity index (χ1) is 26.6. The van der Waals surface area contributed by atoms with Gasteiger partial charge in [0.25, 0.3) is 0 Å². The van der Waals surface area contributed by atoms with Crippen LogP contribution >= 0.6 is 0 Å². The molecule has 0 spiro atoms. The lowest BCUT2D eigenvalue weighted by molar-refractivity contribution is -0.163. The average Bonchev–Trinajstić information content (AvgIpc) is 3.17. The van der Waals surface area contributed by atoms with E-state index in [0.29, 0.717) is 19.4 Å². The smallest absolute Gasteiger partial charge is 0.306 e. The largest absolute Gasteiger partial charge is 0.462 e. The van der Waals surface area contributed by atoms with Crippen LogP contribution in [0.15, 0.2) is 48.6 Å². The van der Waals surface area contributed by atoms with E-state index in [1.54, 1.807) is 0 Å². The van der Waals surface area contributed by atoms with Crippen LogP contribution in [0.25, 0.3) is 0 Å². The molecule has 0 aromatic carbocycles. The van der Waals surface area contributed by atoms with E-state index in [2.05, 4.69) is 69.4 Å². The zero-order chi connectivity index (χ0) is 39.3. The Labute approximate surface area is 335 Å². The van der Waals surface area contributed by atoms with E-state index < -0.39 is 6.10 Å². The van der Waals surface area contributed by atoms with Crippen LogP contribution in [0.5, 0.6) is 0 Å². The number of rotatable bonds is 42. The molecule has 0 fully saturated rings. The predicted molar refractivity (Wildman–Crippen MR) is 233 cm³/mol. The Morgan fingerprint density at radius 2 is 0.852 bits per heavy atom. The van der Waals surface area contributed by atoms with Crippen molar-refractivity contribution in [3.05, 3.63) is 48.6 Å². The van der Waals surface area contributed by atoms with Gasteiger partial charge in [-0.05, 0) is 70.6 Å². The Hall–Kier alpha value is -2.14. The summed E-state index contributed by atoms with van der Waals surface area (Å²) in [5, 5.41) is 0. The minimum Gasteiger partial charge on any atom is -0.462 e. The number of hydrogen-bond donors (Lipinski definition) is 0. The zero-order valence-corrected chi connectivity index (χ0v) is 36.0. The number of allylic oxidation sites excluding steroid dienone is 8. The van der Waals surface area contributed by atoms with E-state index in [1.165, 1.54) is 109 Å². The highest BCUT2D eigenvalue weighted by molar-refractivity contribution is 5.70. The second kappa shape index (κ2) is 45.3. The Morgan fingerprint density at radius 1 is 0.426 bits per heavy atom. The molecular formula is C49H88O5. The summed E-state index contributed by atoms with van der Waals surface area (Å²) in [6.07, 6.45) is 53.9. The molecule has 1 atom stereocenters. The number of ether oxygens (including phenoxy) is 3. The molecule has 0 amide bonds. The summed E-state index contributed by atoms with van der Waals surface area (Å²) in [6, 6.07) is 0. The Bertz CT molecular complexity index is 904. The van der Waals surface area contributed by atoms with Crippen molar-refractivity contribution in [3.63, 3.8) is 0 Å². The fraction of sp³-hybridized carbons (Fsp3) is 0.796. The molecule has 314 valence electrons. The summed E-state index contributed by atoms with van der Waals surface area (Å²) in [6.45, 7) is 7.67. The topological polar surface area (TPSA) is 61.8 Å². The normalized spacial score (nSPS) is 12.6. The molecule has 0 rings (SSSR count). The number of esters is 2. The SMILES string of the molecule is CC/C=C\C/C=C\C/C=C\CCCCCCCCCC(=O)OCC(COCCCCCCCCCCCC)OC(=O)CCCCCCC/C=C\CCCC. The van der Waals surface area contributed by atoms with Crippen LogP contribution in [0.4, 0.5) is 0 Å². The molecule has 0 heterocycles. The van der Waals surface area contributed by atoms with Crippen molar-refractivity contribution < 1.29 is 23.8 Å². The molecule has 0 aliphatic carbocycles. The zero-order valence-electron chi connectivity index (χ0n) is 36.0. The van der Waals surface area contributed by atoms with Gasteiger partial charge >= 0.3 is 11.9 Å². The van der Waals surface area contributed by atoms with Gasteiger partial charge in [0.1, 0.15) is 6.61 Å². The molecule has 54 heavy (non-hydrogen) atoms. The van der Waals surface area contributed by atoms with Gasteiger partial charge in [0.15, 0.2) is 6.10 Å². The van der Waals surface area contributed by atoms with Crippen molar-refractivity contribution in [1.82, 2.24) is 0 Å². The fourth-order valence-electron chi connectivity index (χ4n) is 6.39. The summed E-state index contributed by atoms with van der Waals surface area (Å²) in [5.41, 5.74) is 0. The molecule has 0 aliphatic rings. The molecule has 0 bridgehead atoms. The van der Waals surface area contributed by atoms with E-state index in [0.717, 1.165) is 83.5 Å². The maximum atomic E-state index is 12.7. The molecule has 5 heteroatoms. The van der Waals surface area contributed by atoms with Gasteiger partial charge in [-0.1, -0.05) is 191 Å². The number of hydrogen-bond acceptors (Lipinski definition) is 5. The lowest BCUT2D eigenvalue weighted by atomic mass is 10.1. The van der Waals surface area contributed by atoms with Crippen molar-refractivity contribution in [2.45, 2.75) is 232 Å². The first-order valence-electron chi connectivity index (χ1n) is 23.2. The van der Waals surface area contributed by atoms with E-state index in [4.69, 9.17) is 14.2 Å². The second-order valence-corrected chi connectivity index (χ2v) is 15.3. The van der Waals surface area contributed by atoms with Crippen molar-refractivity contribution >= 4 is 11.9 Å². The van der Waals surface area contributed by atoms with Crippen LogP contribution in [0.1, 0.15) is 226 Å². The Morgan fingerprint density at radius 3 is 1.41 bits per heavy atom. The maximum Gasteiger partial charge on any atom is 0.306 e. The minimum atomic E-state index is -0.539. The quantitative estimate of drug-likeness (QED) is 0.0353. The third-order valence-electron chi connectivity index (χ3n) is 9.85. The third kappa shape index (κ3) is 42.6. The van der Waals surface area contributed by atoms with Gasteiger partial charge in [-0.2, -0.15) is 0 Å². The van der Waals surface area contributed by atoms with Gasteiger partial charge in [-0.3, -0.25) is 9.59 Å². The van der Waals surface area contributed by atoms with E-state index in [-0.39, 0.29) is 25.2 Å². The van der Waals surface area contributed by atoms with Crippen LogP contribution in [0.2, 0.25) is 0 Å². The summed E-state index contributed by atoms with van der Waals surface area (Å²) < 4.78 is 17.3. The molecule has 1 unspecified atom stereocenters. The van der Waals surface area contributed by atoms with Gasteiger partial charge < -0.3 is 14.2 Å². The number of carbonyl (C=O) groups is 2. The van der Waals surface area contributed by atoms with E-state index in [9.17, 15) is 9.59 Å². The molecule has 0 saturated heterocycles. The molecule has 0 saturated carbocycles. The lowest BCUT2D eigenvalue weighted by Crippen LogP contribution is -2.30. The van der Waals surface area contributed by atoms with Gasteiger partial charge in [-0.15, -0.1) is 0 Å². The average molecular weight is 757 g/mol. The lowest BCUT2D eigenvalue weighted by Gasteiger charge is -2.18. The van der Waals surface area contributed by atoms with Crippen molar-refractivity contribution in [2.24, 2.45) is 0 Å². The summed E-state index contributed by atoms with van der Waals surface area (Å²) in [7, 11) is 0. The Kier molecular flexibility index (Phi) is 43.5. The monoisotopic (exact) mass is 757 g/mol. The van der Waals surface area contributed by atoms with Crippen molar-refractivity contribution in [2.75, 3.05) is 19.8 Å². The first-order valence-corrected chi connectivity index (χ1v) is 23.2. The Balaban J connectivity index is 4.22. The van der Waals surface area contributed by atoms with Crippen molar-refractivity contribution in [1.29, 1.82) is 0 Å². The second-order valence-electron chi connectivity index (χ2n) is 15.3. The molecule has 5 nitrogen and oxygen atoms in total. The summed E-state index contributed by atoms with van der Waals surface area (Å²) in [5.74, 6) is -0.415. The number of carbonyl (C=O) groups excluding carboxylic acids is 2. The number of unbranched alkanes of at least 4 members (excludes halogenated alkanes) is 23. The van der Waals surface area contributed by atoms with Crippen LogP contribution < -0.4 is 0 Å². The maximum absolute atomic E-state index is 12.7. The molecule has 0 radical (unpaired) electrons. The highest BCUT2D eigenvalue weighted by Crippen LogP contribution is 2.14. The molecule has 0 N–H and O–H groups in total. The van der Waals surface area contributed by atoms with E-state index >= 15 is 0 Å². The molecular weight excluding hydrogens is 669 g/mol. The highest BCUT2D eigenvalue weighted by atomic mass is 16.6. The van der Waals surface area contributed by atoms with Crippen molar-refractivity contribution in [3.8, 4) is 0 Å². The van der Waals surface area contributed by atoms with Crippen LogP contribution in [-0.2, 0) is 23.8 Å². The molecule has 0 aromatic heterocycles. The van der Waals surface area contributed by atoms with Gasteiger partial charge in [0, 0.05) is 19.4 Å².